The molecule has 0 heterocycles. The van der Waals surface area contributed by atoms with Gasteiger partial charge in [0.15, 0.2) is 6.61 Å². The summed E-state index contributed by atoms with van der Waals surface area (Å²) >= 11 is 6.17. The number of aryl methyl sites for hydroxylation is 1. The van der Waals surface area contributed by atoms with Crippen LogP contribution in [-0.2, 0) is 6.54 Å². The molecule has 0 amide bonds. The lowest BCUT2D eigenvalue weighted by Crippen LogP contribution is -2.02. The number of halogens is 1. The molecular formula is C16H15ClN2O. The van der Waals surface area contributed by atoms with Crippen molar-refractivity contribution in [1.29, 1.82) is 5.26 Å². The topological polar surface area (TPSA) is 45.0 Å². The fraction of sp³-hybridized carbons (Fsp3) is 0.188. The summed E-state index contributed by atoms with van der Waals surface area (Å²) in [5.41, 5.74) is 3.12. The number of nitrogens with zero attached hydrogens (tertiary/aromatic N) is 1. The standard InChI is InChI=1S/C16H15ClN2O/c1-12-4-2-7-15(17)16(12)19-11-13-5-3-6-14(10-13)20-9-8-18/h2-7,10,19H,9,11H2,1H3. The zero-order valence-electron chi connectivity index (χ0n) is 11.2. The van der Waals surface area contributed by atoms with Crippen LogP contribution in [0, 0.1) is 18.3 Å². The molecule has 0 aliphatic rings. The van der Waals surface area contributed by atoms with Crippen LogP contribution in [-0.4, -0.2) is 6.61 Å². The molecule has 0 saturated heterocycles. The Morgan fingerprint density at radius 1 is 1.25 bits per heavy atom. The number of benzene rings is 2. The van der Waals surface area contributed by atoms with E-state index in [1.165, 1.54) is 0 Å². The number of anilines is 1. The first kappa shape index (κ1) is 14.2. The van der Waals surface area contributed by atoms with Crippen molar-refractivity contribution >= 4 is 17.3 Å². The van der Waals surface area contributed by atoms with Gasteiger partial charge in [0.05, 0.1) is 10.7 Å². The molecule has 2 aromatic carbocycles. The van der Waals surface area contributed by atoms with Crippen LogP contribution >= 0.6 is 11.6 Å². The molecule has 1 N–H and O–H groups in total. The highest BCUT2D eigenvalue weighted by atomic mass is 35.5. The van der Waals surface area contributed by atoms with E-state index in [2.05, 4.69) is 5.32 Å². The Kier molecular flexibility index (Phi) is 4.86. The van der Waals surface area contributed by atoms with Gasteiger partial charge in [0, 0.05) is 6.54 Å². The lowest BCUT2D eigenvalue weighted by Gasteiger charge is -2.12. The molecule has 0 atom stereocenters. The molecule has 0 bridgehead atoms. The number of nitriles is 1. The predicted octanol–water partition coefficient (Wildman–Crippen LogP) is 4.16. The highest BCUT2D eigenvalue weighted by Crippen LogP contribution is 2.26. The molecule has 0 fully saturated rings. The summed E-state index contributed by atoms with van der Waals surface area (Å²) in [4.78, 5) is 0. The third-order valence-corrected chi connectivity index (χ3v) is 3.21. The summed E-state index contributed by atoms with van der Waals surface area (Å²) in [5, 5.41) is 12.5. The monoisotopic (exact) mass is 286 g/mol. The third-order valence-electron chi connectivity index (χ3n) is 2.89. The molecule has 0 saturated carbocycles. The minimum atomic E-state index is 0.0561. The van der Waals surface area contributed by atoms with Crippen LogP contribution in [0.1, 0.15) is 11.1 Å². The summed E-state index contributed by atoms with van der Waals surface area (Å²) in [6.07, 6.45) is 0. The number of ether oxygens (including phenoxy) is 1. The Hall–Kier alpha value is -2.18. The summed E-state index contributed by atoms with van der Waals surface area (Å²) in [5.74, 6) is 0.696. The van der Waals surface area contributed by atoms with Crippen molar-refractivity contribution in [3.8, 4) is 11.8 Å². The Morgan fingerprint density at radius 3 is 2.80 bits per heavy atom. The predicted molar refractivity (Wildman–Crippen MR) is 81.1 cm³/mol. The number of hydrogen-bond donors (Lipinski definition) is 1. The molecule has 102 valence electrons. The number of nitrogens with one attached hydrogen (secondary N) is 1. The first-order valence-electron chi connectivity index (χ1n) is 6.28. The second-order valence-electron chi connectivity index (χ2n) is 4.38. The Bertz CT molecular complexity index is 614. The van der Waals surface area contributed by atoms with Crippen LogP contribution in [0.3, 0.4) is 0 Å². The van der Waals surface area contributed by atoms with Crippen molar-refractivity contribution in [3.63, 3.8) is 0 Å². The highest BCUT2D eigenvalue weighted by molar-refractivity contribution is 6.33. The average Bonchev–Trinajstić information content (AvgIpc) is 2.45. The molecule has 4 heteroatoms. The Labute approximate surface area is 123 Å². The number of hydrogen-bond acceptors (Lipinski definition) is 3. The zero-order valence-corrected chi connectivity index (χ0v) is 11.9. The van der Waals surface area contributed by atoms with Gasteiger partial charge in [-0.2, -0.15) is 5.26 Å². The fourth-order valence-electron chi connectivity index (χ4n) is 1.91. The largest absolute Gasteiger partial charge is 0.479 e. The molecule has 0 aromatic heterocycles. The molecule has 2 rings (SSSR count). The molecule has 2 aromatic rings. The van der Waals surface area contributed by atoms with Crippen molar-refractivity contribution < 1.29 is 4.74 Å². The van der Waals surface area contributed by atoms with Gasteiger partial charge in [-0.25, -0.2) is 0 Å². The van der Waals surface area contributed by atoms with Crippen LogP contribution in [0.5, 0.6) is 5.75 Å². The van der Waals surface area contributed by atoms with E-state index >= 15 is 0 Å². The quantitative estimate of drug-likeness (QED) is 0.897. The van der Waals surface area contributed by atoms with Crippen LogP contribution in [0.2, 0.25) is 5.02 Å². The van der Waals surface area contributed by atoms with Crippen molar-refractivity contribution in [2.24, 2.45) is 0 Å². The molecule has 20 heavy (non-hydrogen) atoms. The van der Waals surface area contributed by atoms with E-state index in [1.807, 2.05) is 55.5 Å². The van der Waals surface area contributed by atoms with Crippen molar-refractivity contribution in [1.82, 2.24) is 0 Å². The fourth-order valence-corrected chi connectivity index (χ4v) is 2.20. The molecule has 0 unspecified atom stereocenters. The van der Waals surface area contributed by atoms with Gasteiger partial charge in [-0.1, -0.05) is 35.9 Å². The van der Waals surface area contributed by atoms with Crippen LogP contribution in [0.25, 0.3) is 0 Å². The maximum atomic E-state index is 8.51. The molecule has 0 aliphatic heterocycles. The van der Waals surface area contributed by atoms with Crippen molar-refractivity contribution in [2.75, 3.05) is 11.9 Å². The molecule has 0 spiro atoms. The van der Waals surface area contributed by atoms with Gasteiger partial charge in [0.1, 0.15) is 11.8 Å². The second kappa shape index (κ2) is 6.83. The Balaban J connectivity index is 2.06. The highest BCUT2D eigenvalue weighted by Gasteiger charge is 2.03. The second-order valence-corrected chi connectivity index (χ2v) is 4.79. The first-order chi connectivity index (χ1) is 9.70. The van der Waals surface area contributed by atoms with Gasteiger partial charge in [-0.15, -0.1) is 0 Å². The first-order valence-corrected chi connectivity index (χ1v) is 6.66. The summed E-state index contributed by atoms with van der Waals surface area (Å²) in [6, 6.07) is 15.4. The molecule has 3 nitrogen and oxygen atoms in total. The SMILES string of the molecule is Cc1cccc(Cl)c1NCc1cccc(OCC#N)c1. The smallest absolute Gasteiger partial charge is 0.174 e. The summed E-state index contributed by atoms with van der Waals surface area (Å²) in [6.45, 7) is 2.72. The maximum absolute atomic E-state index is 8.51. The molecule has 0 aliphatic carbocycles. The Morgan fingerprint density at radius 2 is 2.05 bits per heavy atom. The van der Waals surface area contributed by atoms with Gasteiger partial charge >= 0.3 is 0 Å². The normalized spacial score (nSPS) is 9.85. The number of para-hydroxylation sites is 1. The third kappa shape index (κ3) is 3.66. The molecular weight excluding hydrogens is 272 g/mol. The van der Waals surface area contributed by atoms with Gasteiger partial charge < -0.3 is 10.1 Å². The van der Waals surface area contributed by atoms with E-state index in [0.29, 0.717) is 17.3 Å². The summed E-state index contributed by atoms with van der Waals surface area (Å²) < 4.78 is 5.28. The minimum Gasteiger partial charge on any atom is -0.479 e. The molecule has 0 radical (unpaired) electrons. The summed E-state index contributed by atoms with van der Waals surface area (Å²) in [7, 11) is 0. The zero-order chi connectivity index (χ0) is 14.4. The number of rotatable bonds is 5. The van der Waals surface area contributed by atoms with Crippen LogP contribution in [0.15, 0.2) is 42.5 Å². The van der Waals surface area contributed by atoms with E-state index in [4.69, 9.17) is 21.6 Å². The van der Waals surface area contributed by atoms with Gasteiger partial charge in [-0.05, 0) is 36.2 Å². The lowest BCUT2D eigenvalue weighted by molar-refractivity contribution is 0.368. The van der Waals surface area contributed by atoms with E-state index in [-0.39, 0.29) is 6.61 Å². The maximum Gasteiger partial charge on any atom is 0.174 e. The minimum absolute atomic E-state index is 0.0561. The van der Waals surface area contributed by atoms with E-state index in [1.54, 1.807) is 0 Å². The average molecular weight is 287 g/mol. The van der Waals surface area contributed by atoms with E-state index in [0.717, 1.165) is 16.8 Å². The van der Waals surface area contributed by atoms with Gasteiger partial charge in [-0.3, -0.25) is 0 Å². The van der Waals surface area contributed by atoms with Crippen molar-refractivity contribution in [3.05, 3.63) is 58.6 Å². The van der Waals surface area contributed by atoms with Gasteiger partial charge in [0.25, 0.3) is 0 Å². The van der Waals surface area contributed by atoms with Crippen LogP contribution < -0.4 is 10.1 Å². The van der Waals surface area contributed by atoms with E-state index in [9.17, 15) is 0 Å². The van der Waals surface area contributed by atoms with Gasteiger partial charge in [0.2, 0.25) is 0 Å². The lowest BCUT2D eigenvalue weighted by atomic mass is 10.1. The van der Waals surface area contributed by atoms with Crippen LogP contribution in [0.4, 0.5) is 5.69 Å². The van der Waals surface area contributed by atoms with Crippen molar-refractivity contribution in [2.45, 2.75) is 13.5 Å². The van der Waals surface area contributed by atoms with E-state index < -0.39 is 0 Å².